The number of benzene rings is 1. The highest BCUT2D eigenvalue weighted by atomic mass is 16.3. The Morgan fingerprint density at radius 2 is 1.70 bits per heavy atom. The lowest BCUT2D eigenvalue weighted by Crippen LogP contribution is -2.52. The molecule has 1 atom stereocenters. The van der Waals surface area contributed by atoms with E-state index < -0.39 is 5.54 Å². The predicted octanol–water partition coefficient (Wildman–Crippen LogP) is 2.81. The highest BCUT2D eigenvalue weighted by Gasteiger charge is 2.28. The minimum atomic E-state index is -0.597. The van der Waals surface area contributed by atoms with Gasteiger partial charge in [-0.1, -0.05) is 44.5 Å². The molecule has 0 saturated carbocycles. The second kappa shape index (κ2) is 8.40. The van der Waals surface area contributed by atoms with Crippen LogP contribution in [-0.2, 0) is 6.42 Å². The molecule has 0 bridgehead atoms. The summed E-state index contributed by atoms with van der Waals surface area (Å²) in [7, 11) is 0. The summed E-state index contributed by atoms with van der Waals surface area (Å²) in [6.45, 7) is 6.13. The van der Waals surface area contributed by atoms with E-state index in [1.54, 1.807) is 0 Å². The quantitative estimate of drug-likeness (QED) is 0.651. The summed E-state index contributed by atoms with van der Waals surface area (Å²) < 4.78 is 0. The molecule has 1 unspecified atom stereocenters. The molecular weight excluding hydrogens is 250 g/mol. The minimum absolute atomic E-state index is 0.0566. The fourth-order valence-corrected chi connectivity index (χ4v) is 2.36. The van der Waals surface area contributed by atoms with Gasteiger partial charge in [-0.05, 0) is 37.3 Å². The van der Waals surface area contributed by atoms with E-state index in [9.17, 15) is 10.2 Å². The molecule has 0 aliphatic carbocycles. The lowest BCUT2D eigenvalue weighted by atomic mass is 9.95. The average molecular weight is 279 g/mol. The number of nitrogens with one attached hydrogen (secondary N) is 1. The maximum atomic E-state index is 9.49. The first-order valence-corrected chi connectivity index (χ1v) is 7.69. The van der Waals surface area contributed by atoms with Crippen molar-refractivity contribution in [2.45, 2.75) is 58.0 Å². The van der Waals surface area contributed by atoms with Gasteiger partial charge in [-0.15, -0.1) is 0 Å². The van der Waals surface area contributed by atoms with Crippen LogP contribution < -0.4 is 5.32 Å². The number of hydrogen-bond donors (Lipinski definition) is 3. The Labute approximate surface area is 123 Å². The molecule has 1 aromatic rings. The van der Waals surface area contributed by atoms with Gasteiger partial charge in [0.1, 0.15) is 0 Å². The molecule has 1 rings (SSSR count). The van der Waals surface area contributed by atoms with Gasteiger partial charge in [0.2, 0.25) is 0 Å². The molecule has 1 aromatic carbocycles. The van der Waals surface area contributed by atoms with Crippen LogP contribution in [0.25, 0.3) is 0 Å². The van der Waals surface area contributed by atoms with Gasteiger partial charge >= 0.3 is 0 Å². The molecule has 20 heavy (non-hydrogen) atoms. The van der Waals surface area contributed by atoms with E-state index >= 15 is 0 Å². The van der Waals surface area contributed by atoms with Crippen molar-refractivity contribution in [2.24, 2.45) is 0 Å². The SMILES string of the molecule is CCCCc1ccc(C(C)NC(CC)(CO)CO)cc1. The molecule has 114 valence electrons. The largest absolute Gasteiger partial charge is 0.394 e. The molecule has 0 fully saturated rings. The zero-order chi connectivity index (χ0) is 15.0. The minimum Gasteiger partial charge on any atom is -0.394 e. The van der Waals surface area contributed by atoms with E-state index in [1.807, 2.05) is 6.92 Å². The van der Waals surface area contributed by atoms with Crippen LogP contribution in [0.1, 0.15) is 57.2 Å². The highest BCUT2D eigenvalue weighted by molar-refractivity contribution is 5.25. The number of aryl methyl sites for hydroxylation is 1. The summed E-state index contributed by atoms with van der Waals surface area (Å²) in [5, 5.41) is 22.3. The summed E-state index contributed by atoms with van der Waals surface area (Å²) in [6.07, 6.45) is 4.26. The molecule has 0 amide bonds. The number of unbranched alkanes of at least 4 members (excludes halogenated alkanes) is 1. The van der Waals surface area contributed by atoms with Crippen LogP contribution in [-0.4, -0.2) is 29.0 Å². The summed E-state index contributed by atoms with van der Waals surface area (Å²) >= 11 is 0. The van der Waals surface area contributed by atoms with E-state index in [4.69, 9.17) is 0 Å². The molecule has 0 saturated heterocycles. The Morgan fingerprint density at radius 3 is 2.15 bits per heavy atom. The summed E-state index contributed by atoms with van der Waals surface area (Å²) in [6, 6.07) is 8.73. The van der Waals surface area contributed by atoms with E-state index in [-0.39, 0.29) is 19.3 Å². The van der Waals surface area contributed by atoms with Gasteiger partial charge in [0, 0.05) is 6.04 Å². The second-order valence-electron chi connectivity index (χ2n) is 5.66. The van der Waals surface area contributed by atoms with Crippen LogP contribution in [0.2, 0.25) is 0 Å². The van der Waals surface area contributed by atoms with E-state index in [2.05, 4.69) is 43.4 Å². The first-order chi connectivity index (χ1) is 9.60. The lowest BCUT2D eigenvalue weighted by Gasteiger charge is -2.33. The Kier molecular flexibility index (Phi) is 7.20. The van der Waals surface area contributed by atoms with E-state index in [0.717, 1.165) is 6.42 Å². The number of hydrogen-bond acceptors (Lipinski definition) is 3. The average Bonchev–Trinajstić information content (AvgIpc) is 2.51. The van der Waals surface area contributed by atoms with Gasteiger partial charge in [0.05, 0.1) is 18.8 Å². The zero-order valence-electron chi connectivity index (χ0n) is 13.0. The maximum Gasteiger partial charge on any atom is 0.0650 e. The van der Waals surface area contributed by atoms with Gasteiger partial charge in [-0.3, -0.25) is 0 Å². The maximum absolute atomic E-state index is 9.49. The van der Waals surface area contributed by atoms with Gasteiger partial charge in [-0.25, -0.2) is 0 Å². The number of aliphatic hydroxyl groups excluding tert-OH is 2. The second-order valence-corrected chi connectivity index (χ2v) is 5.66. The molecule has 0 heterocycles. The molecule has 0 spiro atoms. The normalized spacial score (nSPS) is 13.4. The molecular formula is C17H29NO2. The van der Waals surface area contributed by atoms with Crippen molar-refractivity contribution < 1.29 is 10.2 Å². The molecule has 0 aromatic heterocycles. The van der Waals surface area contributed by atoms with Crippen LogP contribution in [0, 0.1) is 0 Å². The Morgan fingerprint density at radius 1 is 1.10 bits per heavy atom. The van der Waals surface area contributed by atoms with Crippen LogP contribution in [0.4, 0.5) is 0 Å². The Hall–Kier alpha value is -0.900. The topological polar surface area (TPSA) is 52.5 Å². The van der Waals surface area contributed by atoms with E-state index in [1.165, 1.54) is 24.0 Å². The molecule has 0 aliphatic rings. The van der Waals surface area contributed by atoms with Crippen molar-refractivity contribution in [3.05, 3.63) is 35.4 Å². The highest BCUT2D eigenvalue weighted by Crippen LogP contribution is 2.19. The first kappa shape index (κ1) is 17.2. The third-order valence-electron chi connectivity index (χ3n) is 4.10. The standard InChI is InChI=1S/C17H29NO2/c1-4-6-7-15-8-10-16(11-9-15)14(3)18-17(5-2,12-19)13-20/h8-11,14,18-20H,4-7,12-13H2,1-3H3. The smallest absolute Gasteiger partial charge is 0.0650 e. The molecule has 0 aliphatic heterocycles. The van der Waals surface area contributed by atoms with Crippen LogP contribution >= 0.6 is 0 Å². The van der Waals surface area contributed by atoms with Gasteiger partial charge in [0.25, 0.3) is 0 Å². The number of rotatable bonds is 9. The zero-order valence-corrected chi connectivity index (χ0v) is 13.0. The summed E-state index contributed by atoms with van der Waals surface area (Å²) in [5.74, 6) is 0. The monoisotopic (exact) mass is 279 g/mol. The third-order valence-corrected chi connectivity index (χ3v) is 4.10. The van der Waals surface area contributed by atoms with Crippen molar-refractivity contribution >= 4 is 0 Å². The summed E-state index contributed by atoms with van der Waals surface area (Å²) in [4.78, 5) is 0. The predicted molar refractivity (Wildman–Crippen MR) is 83.8 cm³/mol. The Bertz CT molecular complexity index is 363. The van der Waals surface area contributed by atoms with Crippen LogP contribution in [0.3, 0.4) is 0 Å². The van der Waals surface area contributed by atoms with Crippen LogP contribution in [0.5, 0.6) is 0 Å². The van der Waals surface area contributed by atoms with Crippen LogP contribution in [0.15, 0.2) is 24.3 Å². The van der Waals surface area contributed by atoms with Gasteiger partial charge in [-0.2, -0.15) is 0 Å². The van der Waals surface area contributed by atoms with Crippen molar-refractivity contribution in [3.63, 3.8) is 0 Å². The third kappa shape index (κ3) is 4.58. The van der Waals surface area contributed by atoms with Crippen molar-refractivity contribution in [1.82, 2.24) is 5.32 Å². The van der Waals surface area contributed by atoms with Gasteiger partial charge < -0.3 is 15.5 Å². The summed E-state index contributed by atoms with van der Waals surface area (Å²) in [5.41, 5.74) is 1.96. The number of aliphatic hydroxyl groups is 2. The molecule has 0 radical (unpaired) electrons. The first-order valence-electron chi connectivity index (χ1n) is 7.69. The van der Waals surface area contributed by atoms with Crippen molar-refractivity contribution in [3.8, 4) is 0 Å². The fourth-order valence-electron chi connectivity index (χ4n) is 2.36. The molecule has 3 heteroatoms. The Balaban J connectivity index is 2.69. The fraction of sp³-hybridized carbons (Fsp3) is 0.647. The van der Waals surface area contributed by atoms with Gasteiger partial charge in [0.15, 0.2) is 0 Å². The van der Waals surface area contributed by atoms with Crippen molar-refractivity contribution in [1.29, 1.82) is 0 Å². The van der Waals surface area contributed by atoms with Crippen molar-refractivity contribution in [2.75, 3.05) is 13.2 Å². The lowest BCUT2D eigenvalue weighted by molar-refractivity contribution is 0.0793. The molecule has 3 nitrogen and oxygen atoms in total. The van der Waals surface area contributed by atoms with E-state index in [0.29, 0.717) is 6.42 Å². The molecule has 3 N–H and O–H groups in total.